The maximum Gasteiger partial charge on any atom is 0.0223 e. The molecule has 1 N–H and O–H groups in total. The van der Waals surface area contributed by atoms with Gasteiger partial charge in [-0.25, -0.2) is 0 Å². The summed E-state index contributed by atoms with van der Waals surface area (Å²) in [6.45, 7) is 3.88. The van der Waals surface area contributed by atoms with Crippen molar-refractivity contribution in [2.45, 2.75) is 57.4 Å². The van der Waals surface area contributed by atoms with E-state index in [2.05, 4.69) is 17.3 Å². The predicted molar refractivity (Wildman–Crippen MR) is 69.7 cm³/mol. The molecule has 0 amide bonds. The third-order valence-electron chi connectivity index (χ3n) is 4.43. The Morgan fingerprint density at radius 2 is 1.75 bits per heavy atom. The van der Waals surface area contributed by atoms with Crippen LogP contribution in [0, 0.1) is 5.92 Å². The van der Waals surface area contributed by atoms with Crippen molar-refractivity contribution in [3.8, 4) is 0 Å². The molecule has 0 aromatic heterocycles. The molecule has 2 fully saturated rings. The average molecular weight is 224 g/mol. The molecule has 2 nitrogen and oxygen atoms in total. The topological polar surface area (TPSA) is 15.3 Å². The minimum Gasteiger partial charge on any atom is -0.318 e. The molecule has 1 unspecified atom stereocenters. The number of likely N-dealkylation sites (tertiary alicyclic amines) is 1. The summed E-state index contributed by atoms with van der Waals surface area (Å²) >= 11 is 0. The minimum atomic E-state index is 0.813. The smallest absolute Gasteiger partial charge is 0.0223 e. The summed E-state index contributed by atoms with van der Waals surface area (Å²) in [6.07, 6.45) is 11.7. The van der Waals surface area contributed by atoms with Gasteiger partial charge in [0.2, 0.25) is 0 Å². The Morgan fingerprint density at radius 1 is 1.06 bits per heavy atom. The van der Waals surface area contributed by atoms with E-state index in [1.807, 2.05) is 0 Å². The summed E-state index contributed by atoms with van der Waals surface area (Å²) < 4.78 is 0. The van der Waals surface area contributed by atoms with Crippen LogP contribution in [0.4, 0.5) is 0 Å². The molecule has 2 heteroatoms. The van der Waals surface area contributed by atoms with E-state index in [9.17, 15) is 0 Å². The standard InChI is InChI=1S/C14H28N2/c1-15-12-14(11-13-7-3-4-8-13)16-9-5-2-6-10-16/h13-15H,2-12H2,1H3. The van der Waals surface area contributed by atoms with E-state index >= 15 is 0 Å². The molecule has 0 bridgehead atoms. The van der Waals surface area contributed by atoms with Crippen LogP contribution in [0.15, 0.2) is 0 Å². The van der Waals surface area contributed by atoms with Gasteiger partial charge in [0.15, 0.2) is 0 Å². The van der Waals surface area contributed by atoms with Gasteiger partial charge in [0.25, 0.3) is 0 Å². The van der Waals surface area contributed by atoms with E-state index < -0.39 is 0 Å². The van der Waals surface area contributed by atoms with Gasteiger partial charge in [0.05, 0.1) is 0 Å². The summed E-state index contributed by atoms with van der Waals surface area (Å²) in [5.74, 6) is 1.03. The Labute approximate surface area is 101 Å². The van der Waals surface area contributed by atoms with E-state index in [-0.39, 0.29) is 0 Å². The first-order chi connectivity index (χ1) is 7.90. The zero-order valence-electron chi connectivity index (χ0n) is 10.9. The summed E-state index contributed by atoms with van der Waals surface area (Å²) in [5, 5.41) is 3.40. The number of nitrogens with one attached hydrogen (secondary N) is 1. The molecule has 0 radical (unpaired) electrons. The molecule has 2 rings (SSSR count). The van der Waals surface area contributed by atoms with Crippen LogP contribution in [0.1, 0.15) is 51.4 Å². The maximum atomic E-state index is 3.40. The third kappa shape index (κ3) is 3.46. The highest BCUT2D eigenvalue weighted by atomic mass is 15.2. The van der Waals surface area contributed by atoms with Crippen molar-refractivity contribution < 1.29 is 0 Å². The zero-order valence-corrected chi connectivity index (χ0v) is 10.9. The minimum absolute atomic E-state index is 0.813. The highest BCUT2D eigenvalue weighted by Gasteiger charge is 2.25. The Bertz CT molecular complexity index is 181. The van der Waals surface area contributed by atoms with Crippen molar-refractivity contribution in [1.82, 2.24) is 10.2 Å². The van der Waals surface area contributed by atoms with E-state index in [0.717, 1.165) is 12.0 Å². The largest absolute Gasteiger partial charge is 0.318 e. The maximum absolute atomic E-state index is 3.40. The zero-order chi connectivity index (χ0) is 11.2. The van der Waals surface area contributed by atoms with Crippen molar-refractivity contribution in [3.63, 3.8) is 0 Å². The second kappa shape index (κ2) is 6.61. The van der Waals surface area contributed by atoms with Crippen LogP contribution in [0.5, 0.6) is 0 Å². The Balaban J connectivity index is 1.82. The van der Waals surface area contributed by atoms with Gasteiger partial charge in [-0.2, -0.15) is 0 Å². The van der Waals surface area contributed by atoms with Gasteiger partial charge in [-0.3, -0.25) is 4.90 Å². The van der Waals surface area contributed by atoms with Gasteiger partial charge >= 0.3 is 0 Å². The first-order valence-electron chi connectivity index (χ1n) is 7.29. The van der Waals surface area contributed by atoms with Gasteiger partial charge in [-0.1, -0.05) is 32.1 Å². The van der Waals surface area contributed by atoms with Crippen molar-refractivity contribution >= 4 is 0 Å². The fourth-order valence-electron chi connectivity index (χ4n) is 3.51. The summed E-state index contributed by atoms with van der Waals surface area (Å²) in [5.41, 5.74) is 0. The fourth-order valence-corrected chi connectivity index (χ4v) is 3.51. The Morgan fingerprint density at radius 3 is 2.38 bits per heavy atom. The molecule has 94 valence electrons. The normalized spacial score (nSPS) is 26.1. The highest BCUT2D eigenvalue weighted by Crippen LogP contribution is 2.30. The van der Waals surface area contributed by atoms with Gasteiger partial charge in [-0.05, 0) is 45.3 Å². The molecule has 1 heterocycles. The molecule has 2 aliphatic rings. The molecule has 0 spiro atoms. The van der Waals surface area contributed by atoms with Crippen LogP contribution in [0.25, 0.3) is 0 Å². The summed E-state index contributed by atoms with van der Waals surface area (Å²) in [6, 6.07) is 0.813. The first kappa shape index (κ1) is 12.4. The number of piperidine rings is 1. The molecule has 0 aromatic carbocycles. The summed E-state index contributed by atoms with van der Waals surface area (Å²) in [7, 11) is 2.10. The molecule has 1 saturated heterocycles. The summed E-state index contributed by atoms with van der Waals surface area (Å²) in [4.78, 5) is 2.75. The number of hydrogen-bond donors (Lipinski definition) is 1. The molecular formula is C14H28N2. The van der Waals surface area contributed by atoms with Crippen molar-refractivity contribution in [1.29, 1.82) is 0 Å². The van der Waals surface area contributed by atoms with Crippen LogP contribution in [0.3, 0.4) is 0 Å². The lowest BCUT2D eigenvalue weighted by molar-refractivity contribution is 0.140. The predicted octanol–water partition coefficient (Wildman–Crippen LogP) is 2.64. The molecule has 0 aromatic rings. The van der Waals surface area contributed by atoms with Gasteiger partial charge in [0, 0.05) is 12.6 Å². The Kier molecular flexibility index (Phi) is 5.11. The van der Waals surface area contributed by atoms with Crippen LogP contribution >= 0.6 is 0 Å². The lowest BCUT2D eigenvalue weighted by Gasteiger charge is -2.36. The van der Waals surface area contributed by atoms with Gasteiger partial charge < -0.3 is 5.32 Å². The van der Waals surface area contributed by atoms with Crippen molar-refractivity contribution in [2.75, 3.05) is 26.7 Å². The molecular weight excluding hydrogens is 196 g/mol. The molecule has 1 aliphatic carbocycles. The highest BCUT2D eigenvalue weighted by molar-refractivity contribution is 4.81. The molecule has 16 heavy (non-hydrogen) atoms. The van der Waals surface area contributed by atoms with Gasteiger partial charge in [0.1, 0.15) is 0 Å². The third-order valence-corrected chi connectivity index (χ3v) is 4.43. The Hall–Kier alpha value is -0.0800. The van der Waals surface area contributed by atoms with E-state index in [0.29, 0.717) is 0 Å². The molecule has 1 saturated carbocycles. The number of likely N-dealkylation sites (N-methyl/N-ethyl adjacent to an activating group) is 1. The molecule has 1 aliphatic heterocycles. The molecule has 1 atom stereocenters. The first-order valence-corrected chi connectivity index (χ1v) is 7.29. The number of nitrogens with zero attached hydrogens (tertiary/aromatic N) is 1. The fraction of sp³-hybridized carbons (Fsp3) is 1.00. The quantitative estimate of drug-likeness (QED) is 0.772. The van der Waals surface area contributed by atoms with Crippen molar-refractivity contribution in [3.05, 3.63) is 0 Å². The second-order valence-corrected chi connectivity index (χ2v) is 5.69. The number of rotatable bonds is 5. The SMILES string of the molecule is CNCC(CC1CCCC1)N1CCCCC1. The van der Waals surface area contributed by atoms with Crippen molar-refractivity contribution in [2.24, 2.45) is 5.92 Å². The average Bonchev–Trinajstić information content (AvgIpc) is 2.83. The van der Waals surface area contributed by atoms with E-state index in [1.165, 1.54) is 71.0 Å². The second-order valence-electron chi connectivity index (χ2n) is 5.69. The van der Waals surface area contributed by atoms with E-state index in [1.54, 1.807) is 0 Å². The monoisotopic (exact) mass is 224 g/mol. The van der Waals surface area contributed by atoms with Crippen LogP contribution in [-0.4, -0.2) is 37.6 Å². The van der Waals surface area contributed by atoms with E-state index in [4.69, 9.17) is 0 Å². The lowest BCUT2D eigenvalue weighted by Crippen LogP contribution is -2.45. The van der Waals surface area contributed by atoms with Crippen LogP contribution < -0.4 is 5.32 Å². The van der Waals surface area contributed by atoms with Crippen LogP contribution in [0.2, 0.25) is 0 Å². The van der Waals surface area contributed by atoms with Crippen LogP contribution in [-0.2, 0) is 0 Å². The number of hydrogen-bond acceptors (Lipinski definition) is 2. The lowest BCUT2D eigenvalue weighted by atomic mass is 9.96. The van der Waals surface area contributed by atoms with Gasteiger partial charge in [-0.15, -0.1) is 0 Å².